The Morgan fingerprint density at radius 1 is 1.38 bits per heavy atom. The van der Waals surface area contributed by atoms with Crippen molar-refractivity contribution >= 4 is 50.7 Å². The number of aryl methyl sites for hydroxylation is 1. The quantitative estimate of drug-likeness (QED) is 0.364. The van der Waals surface area contributed by atoms with Crippen molar-refractivity contribution in [2.75, 3.05) is 16.9 Å². The van der Waals surface area contributed by atoms with Gasteiger partial charge < -0.3 is 10.1 Å². The van der Waals surface area contributed by atoms with Crippen LogP contribution in [0.2, 0.25) is 0 Å². The van der Waals surface area contributed by atoms with Gasteiger partial charge >= 0.3 is 0 Å². The maximum Gasteiger partial charge on any atom is 0.261 e. The molecule has 0 aliphatic heterocycles. The summed E-state index contributed by atoms with van der Waals surface area (Å²) in [6.07, 6.45) is 6.83. The molecule has 0 radical (unpaired) electrons. The zero-order valence-electron chi connectivity index (χ0n) is 13.9. The first-order valence-corrected chi connectivity index (χ1v) is 9.43. The summed E-state index contributed by atoms with van der Waals surface area (Å²) < 4.78 is 9.84. The Hall–Kier alpha value is -2.69. The number of nitrogens with zero attached hydrogens (tertiary/aromatic N) is 5. The summed E-state index contributed by atoms with van der Waals surface area (Å²) in [4.78, 5) is 16.9. The van der Waals surface area contributed by atoms with Crippen LogP contribution in [0, 0.1) is 0 Å². The highest BCUT2D eigenvalue weighted by Crippen LogP contribution is 2.30. The predicted octanol–water partition coefficient (Wildman–Crippen LogP) is 2.77. The minimum atomic E-state index is -0.295. The number of alkyl halides is 1. The molecule has 1 amide bonds. The van der Waals surface area contributed by atoms with Crippen LogP contribution in [0.3, 0.4) is 0 Å². The van der Waals surface area contributed by atoms with Gasteiger partial charge in [0.25, 0.3) is 5.91 Å². The molecule has 0 fully saturated rings. The summed E-state index contributed by atoms with van der Waals surface area (Å²) >= 11 is 2.31. The lowest BCUT2D eigenvalue weighted by Gasteiger charge is -2.09. The van der Waals surface area contributed by atoms with Crippen LogP contribution in [0.15, 0.2) is 43.0 Å². The van der Waals surface area contributed by atoms with Crippen LogP contribution in [-0.4, -0.2) is 41.8 Å². The molecule has 0 bridgehead atoms. The molecule has 0 atom stereocenters. The fraction of sp³-hybridized carbons (Fsp3) is 0.176. The number of hydrogen-bond donors (Lipinski definition) is 1. The van der Waals surface area contributed by atoms with Gasteiger partial charge in [-0.25, -0.2) is 9.50 Å². The average molecular weight is 462 g/mol. The molecule has 132 valence electrons. The molecule has 9 heteroatoms. The van der Waals surface area contributed by atoms with Gasteiger partial charge in [-0.3, -0.25) is 9.48 Å². The lowest BCUT2D eigenvalue weighted by atomic mass is 10.2. The number of carbonyl (C=O) groups excluding carboxylic acids is 1. The van der Waals surface area contributed by atoms with E-state index in [-0.39, 0.29) is 5.91 Å². The molecule has 0 unspecified atom stereocenters. The molecule has 3 aromatic heterocycles. The van der Waals surface area contributed by atoms with Crippen LogP contribution in [0.25, 0.3) is 16.6 Å². The van der Waals surface area contributed by atoms with Crippen molar-refractivity contribution in [2.45, 2.75) is 6.54 Å². The second-order valence-electron chi connectivity index (χ2n) is 5.59. The molecule has 1 aromatic carbocycles. The van der Waals surface area contributed by atoms with Crippen molar-refractivity contribution in [2.24, 2.45) is 0 Å². The van der Waals surface area contributed by atoms with Crippen molar-refractivity contribution in [3.8, 4) is 5.75 Å². The van der Waals surface area contributed by atoms with Gasteiger partial charge in [-0.2, -0.15) is 10.2 Å². The van der Waals surface area contributed by atoms with Gasteiger partial charge in [0.05, 0.1) is 24.5 Å². The number of methoxy groups -OCH3 is 1. The van der Waals surface area contributed by atoms with Crippen molar-refractivity contribution in [1.82, 2.24) is 24.4 Å². The second-order valence-corrected chi connectivity index (χ2v) is 6.67. The minimum absolute atomic E-state index is 0.295. The highest BCUT2D eigenvalue weighted by atomic mass is 127. The zero-order valence-corrected chi connectivity index (χ0v) is 16.0. The monoisotopic (exact) mass is 462 g/mol. The van der Waals surface area contributed by atoms with Crippen LogP contribution in [-0.2, 0) is 6.54 Å². The summed E-state index contributed by atoms with van der Waals surface area (Å²) in [6, 6.07) is 5.44. The van der Waals surface area contributed by atoms with E-state index >= 15 is 0 Å². The number of ether oxygens (including phenoxy) is 1. The van der Waals surface area contributed by atoms with Crippen molar-refractivity contribution in [3.05, 3.63) is 48.5 Å². The molecule has 0 saturated heterocycles. The second kappa shape index (κ2) is 6.90. The first-order valence-electron chi connectivity index (χ1n) is 7.90. The summed E-state index contributed by atoms with van der Waals surface area (Å²) in [5.41, 5.74) is 2.30. The molecule has 0 saturated carbocycles. The first kappa shape index (κ1) is 16.8. The van der Waals surface area contributed by atoms with E-state index in [1.165, 1.54) is 6.20 Å². The van der Waals surface area contributed by atoms with Crippen molar-refractivity contribution in [1.29, 1.82) is 0 Å². The van der Waals surface area contributed by atoms with Gasteiger partial charge in [0.2, 0.25) is 0 Å². The smallest absolute Gasteiger partial charge is 0.261 e. The van der Waals surface area contributed by atoms with Crippen molar-refractivity contribution < 1.29 is 9.53 Å². The zero-order chi connectivity index (χ0) is 18.1. The van der Waals surface area contributed by atoms with E-state index in [9.17, 15) is 4.79 Å². The summed E-state index contributed by atoms with van der Waals surface area (Å²) in [5, 5.41) is 12.5. The minimum Gasteiger partial charge on any atom is -0.494 e. The third-order valence-corrected chi connectivity index (χ3v) is 4.44. The van der Waals surface area contributed by atoms with Crippen LogP contribution in [0.5, 0.6) is 5.75 Å². The van der Waals surface area contributed by atoms with Crippen LogP contribution >= 0.6 is 22.6 Å². The van der Waals surface area contributed by atoms with Gasteiger partial charge in [0, 0.05) is 41.0 Å². The molecule has 4 aromatic rings. The van der Waals surface area contributed by atoms with E-state index in [2.05, 4.69) is 43.1 Å². The maximum atomic E-state index is 12.7. The number of halogens is 1. The fourth-order valence-corrected chi connectivity index (χ4v) is 3.24. The molecule has 8 nitrogen and oxygen atoms in total. The van der Waals surface area contributed by atoms with Gasteiger partial charge in [-0.15, -0.1) is 0 Å². The summed E-state index contributed by atoms with van der Waals surface area (Å²) in [7, 11) is 1.57. The van der Waals surface area contributed by atoms with Gasteiger partial charge in [0.15, 0.2) is 5.65 Å². The number of amides is 1. The van der Waals surface area contributed by atoms with E-state index in [0.29, 0.717) is 22.6 Å². The predicted molar refractivity (Wildman–Crippen MR) is 106 cm³/mol. The highest BCUT2D eigenvalue weighted by molar-refractivity contribution is 14.1. The number of hydrogen-bond acceptors (Lipinski definition) is 5. The van der Waals surface area contributed by atoms with E-state index in [0.717, 1.165) is 21.9 Å². The third kappa shape index (κ3) is 2.98. The highest BCUT2D eigenvalue weighted by Gasteiger charge is 2.17. The molecule has 0 aliphatic carbocycles. The average Bonchev–Trinajstić information content (AvgIpc) is 3.24. The van der Waals surface area contributed by atoms with E-state index < -0.39 is 0 Å². The molecule has 0 aliphatic rings. The maximum absolute atomic E-state index is 12.7. The van der Waals surface area contributed by atoms with E-state index in [1.54, 1.807) is 30.1 Å². The van der Waals surface area contributed by atoms with E-state index in [4.69, 9.17) is 4.74 Å². The SMILES string of the molecule is COc1cc2nn(CCI)cc2cc1NC(=O)c1cnn2cccnc12. The molecular weight excluding hydrogens is 447 g/mol. The van der Waals surface area contributed by atoms with Gasteiger partial charge in [-0.05, 0) is 12.1 Å². The van der Waals surface area contributed by atoms with Gasteiger partial charge in [0.1, 0.15) is 11.3 Å². The van der Waals surface area contributed by atoms with Crippen molar-refractivity contribution in [3.63, 3.8) is 0 Å². The number of anilines is 1. The first-order chi connectivity index (χ1) is 12.7. The molecule has 3 heterocycles. The lowest BCUT2D eigenvalue weighted by molar-refractivity contribution is 0.102. The largest absolute Gasteiger partial charge is 0.494 e. The number of carbonyl (C=O) groups is 1. The normalized spacial score (nSPS) is 11.2. The Kier molecular flexibility index (Phi) is 4.45. The Bertz CT molecular complexity index is 1100. The number of rotatable bonds is 5. The Balaban J connectivity index is 1.70. The molecule has 4 rings (SSSR count). The third-order valence-electron chi connectivity index (χ3n) is 3.96. The Morgan fingerprint density at radius 3 is 3.08 bits per heavy atom. The molecule has 1 N–H and O–H groups in total. The Labute approximate surface area is 162 Å². The fourth-order valence-electron chi connectivity index (χ4n) is 2.75. The van der Waals surface area contributed by atoms with Crippen LogP contribution in [0.4, 0.5) is 5.69 Å². The summed E-state index contributed by atoms with van der Waals surface area (Å²) in [5.74, 6) is 0.256. The standard InChI is InChI=1S/C17H15IN6O2/c1-26-15-8-13-11(10-23(22-13)6-3-18)7-14(15)21-17(25)12-9-20-24-5-2-4-19-16(12)24/h2,4-5,7-10H,3,6H2,1H3,(H,21,25). The number of benzene rings is 1. The number of fused-ring (bicyclic) bond motifs is 2. The molecular formula is C17H15IN6O2. The lowest BCUT2D eigenvalue weighted by Crippen LogP contribution is -2.12. The molecule has 0 spiro atoms. The summed E-state index contributed by atoms with van der Waals surface area (Å²) in [6.45, 7) is 0.827. The number of aromatic nitrogens is 5. The van der Waals surface area contributed by atoms with Crippen LogP contribution in [0.1, 0.15) is 10.4 Å². The Morgan fingerprint density at radius 2 is 2.27 bits per heavy atom. The van der Waals surface area contributed by atoms with Gasteiger partial charge in [-0.1, -0.05) is 22.6 Å². The topological polar surface area (TPSA) is 86.3 Å². The van der Waals surface area contributed by atoms with E-state index in [1.807, 2.05) is 23.0 Å². The number of nitrogens with one attached hydrogen (secondary N) is 1. The molecule has 26 heavy (non-hydrogen) atoms. The van der Waals surface area contributed by atoms with Crippen LogP contribution < -0.4 is 10.1 Å².